The van der Waals surface area contributed by atoms with E-state index in [-0.39, 0.29) is 12.2 Å². The summed E-state index contributed by atoms with van der Waals surface area (Å²) in [7, 11) is 0. The summed E-state index contributed by atoms with van der Waals surface area (Å²) in [6, 6.07) is 9.48. The molecule has 0 radical (unpaired) electrons. The molecule has 18 heavy (non-hydrogen) atoms. The van der Waals surface area contributed by atoms with Crippen LogP contribution in [0.3, 0.4) is 0 Å². The van der Waals surface area contributed by atoms with E-state index in [2.05, 4.69) is 15.0 Å². The number of carbonyl (C=O) groups is 1. The summed E-state index contributed by atoms with van der Waals surface area (Å²) < 4.78 is 1.03. The molecule has 0 saturated carbocycles. The topological polar surface area (TPSA) is 55.7 Å². The van der Waals surface area contributed by atoms with Gasteiger partial charge in [0.1, 0.15) is 6.33 Å². The first-order chi connectivity index (χ1) is 8.83. The fourth-order valence-corrected chi connectivity index (χ4v) is 2.56. The minimum Gasteiger partial charge on any atom is -0.291 e. The lowest BCUT2D eigenvalue weighted by Gasteiger charge is -1.95. The van der Waals surface area contributed by atoms with Crippen LogP contribution in [0.1, 0.15) is 15.5 Å². The molecule has 88 valence electrons. The zero-order valence-electron chi connectivity index (χ0n) is 9.41. The molecule has 0 amide bonds. The molecule has 0 atom stereocenters. The van der Waals surface area contributed by atoms with Crippen LogP contribution >= 0.6 is 11.3 Å². The molecule has 5 heteroatoms. The van der Waals surface area contributed by atoms with E-state index in [1.807, 2.05) is 24.3 Å². The van der Waals surface area contributed by atoms with Crippen LogP contribution in [0.4, 0.5) is 0 Å². The number of ketones is 1. The maximum absolute atomic E-state index is 12.1. The number of hydrogen-bond donors (Lipinski definition) is 0. The van der Waals surface area contributed by atoms with Crippen LogP contribution in [-0.4, -0.2) is 20.7 Å². The van der Waals surface area contributed by atoms with Crippen molar-refractivity contribution < 1.29 is 4.79 Å². The van der Waals surface area contributed by atoms with Crippen molar-refractivity contribution in [1.29, 1.82) is 0 Å². The highest BCUT2D eigenvalue weighted by Crippen LogP contribution is 2.22. The van der Waals surface area contributed by atoms with Gasteiger partial charge >= 0.3 is 0 Å². The molecule has 0 bridgehead atoms. The van der Waals surface area contributed by atoms with Crippen molar-refractivity contribution in [2.75, 3.05) is 0 Å². The fraction of sp³-hybridized carbons (Fsp3) is 0.0769. The van der Waals surface area contributed by atoms with Crippen LogP contribution < -0.4 is 0 Å². The van der Waals surface area contributed by atoms with E-state index >= 15 is 0 Å². The molecule has 2 aromatic heterocycles. The van der Waals surface area contributed by atoms with Gasteiger partial charge in [0.2, 0.25) is 0 Å². The smallest absolute Gasteiger partial charge is 0.197 e. The van der Waals surface area contributed by atoms with Crippen LogP contribution in [-0.2, 0) is 6.42 Å². The van der Waals surface area contributed by atoms with Crippen molar-refractivity contribution in [1.82, 2.24) is 15.0 Å². The molecule has 4 nitrogen and oxygen atoms in total. The Morgan fingerprint density at radius 3 is 2.89 bits per heavy atom. The lowest BCUT2D eigenvalue weighted by atomic mass is 10.2. The average molecular weight is 255 g/mol. The number of fused-ring (bicyclic) bond motifs is 1. The summed E-state index contributed by atoms with van der Waals surface area (Å²) in [6.07, 6.45) is 3.34. The van der Waals surface area contributed by atoms with Crippen LogP contribution in [0.15, 0.2) is 42.9 Å². The van der Waals surface area contributed by atoms with Gasteiger partial charge in [0.15, 0.2) is 10.8 Å². The predicted molar refractivity (Wildman–Crippen MR) is 69.7 cm³/mol. The Morgan fingerprint density at radius 2 is 2.11 bits per heavy atom. The van der Waals surface area contributed by atoms with E-state index < -0.39 is 0 Å². The number of hydrogen-bond acceptors (Lipinski definition) is 5. The number of benzene rings is 1. The minimum atomic E-state index is -0.00472. The van der Waals surface area contributed by atoms with Crippen molar-refractivity contribution in [3.8, 4) is 0 Å². The summed E-state index contributed by atoms with van der Waals surface area (Å²) in [6.45, 7) is 0. The van der Waals surface area contributed by atoms with Gasteiger partial charge in [-0.15, -0.1) is 11.3 Å². The lowest BCUT2D eigenvalue weighted by molar-refractivity contribution is 0.0992. The normalized spacial score (nSPS) is 10.7. The number of thiazole rings is 1. The van der Waals surface area contributed by atoms with E-state index in [1.165, 1.54) is 17.7 Å². The summed E-state index contributed by atoms with van der Waals surface area (Å²) >= 11 is 1.42. The largest absolute Gasteiger partial charge is 0.291 e. The molecular weight excluding hydrogens is 246 g/mol. The van der Waals surface area contributed by atoms with Crippen LogP contribution in [0.5, 0.6) is 0 Å². The first kappa shape index (κ1) is 11.0. The molecule has 0 N–H and O–H groups in total. The molecular formula is C13H9N3OS. The molecule has 3 rings (SSSR count). The molecule has 0 aliphatic rings. The molecule has 3 aromatic rings. The standard InChI is InChI=1S/C13H9N3OS/c17-11(7-9-5-6-14-8-15-9)13-16-10-3-1-2-4-12(10)18-13/h1-6,8H,7H2. The number of rotatable bonds is 3. The lowest BCUT2D eigenvalue weighted by Crippen LogP contribution is -2.04. The Labute approximate surface area is 107 Å². The highest BCUT2D eigenvalue weighted by Gasteiger charge is 2.13. The highest BCUT2D eigenvalue weighted by atomic mass is 32.1. The molecule has 0 aliphatic heterocycles. The first-order valence-electron chi connectivity index (χ1n) is 5.46. The van der Waals surface area contributed by atoms with Crippen molar-refractivity contribution in [3.63, 3.8) is 0 Å². The number of aromatic nitrogens is 3. The van der Waals surface area contributed by atoms with Crippen molar-refractivity contribution in [2.24, 2.45) is 0 Å². The van der Waals surface area contributed by atoms with E-state index in [9.17, 15) is 4.79 Å². The number of para-hydroxylation sites is 1. The van der Waals surface area contributed by atoms with E-state index in [4.69, 9.17) is 0 Å². The maximum Gasteiger partial charge on any atom is 0.197 e. The van der Waals surface area contributed by atoms with Crippen molar-refractivity contribution >= 4 is 27.3 Å². The summed E-state index contributed by atoms with van der Waals surface area (Å²) in [5.41, 5.74) is 1.59. The summed E-state index contributed by atoms with van der Waals surface area (Å²) in [5.74, 6) is -0.00472. The Balaban J connectivity index is 1.88. The first-order valence-corrected chi connectivity index (χ1v) is 6.28. The second-order valence-corrected chi connectivity index (χ2v) is 4.82. The maximum atomic E-state index is 12.1. The molecule has 1 aromatic carbocycles. The summed E-state index contributed by atoms with van der Waals surface area (Å²) in [5, 5.41) is 0.537. The molecule has 0 fully saturated rings. The zero-order chi connectivity index (χ0) is 12.4. The SMILES string of the molecule is O=C(Cc1ccncn1)c1nc2ccccc2s1. The Bertz CT molecular complexity index is 661. The van der Waals surface area contributed by atoms with Crippen LogP contribution in [0.2, 0.25) is 0 Å². The van der Waals surface area contributed by atoms with Crippen LogP contribution in [0.25, 0.3) is 10.2 Å². The Morgan fingerprint density at radius 1 is 1.22 bits per heavy atom. The van der Waals surface area contributed by atoms with Gasteiger partial charge < -0.3 is 0 Å². The van der Waals surface area contributed by atoms with E-state index in [0.29, 0.717) is 10.7 Å². The fourth-order valence-electron chi connectivity index (χ4n) is 1.65. The third-order valence-corrected chi connectivity index (χ3v) is 3.59. The van der Waals surface area contributed by atoms with Gasteiger partial charge in [-0.3, -0.25) is 4.79 Å². The van der Waals surface area contributed by atoms with Gasteiger partial charge in [-0.2, -0.15) is 0 Å². The van der Waals surface area contributed by atoms with Crippen molar-refractivity contribution in [2.45, 2.75) is 6.42 Å². The van der Waals surface area contributed by atoms with Gasteiger partial charge in [0.05, 0.1) is 22.3 Å². The Hall–Kier alpha value is -2.14. The van der Waals surface area contributed by atoms with Gasteiger partial charge in [0, 0.05) is 6.20 Å². The molecule has 0 spiro atoms. The second kappa shape index (κ2) is 4.62. The zero-order valence-corrected chi connectivity index (χ0v) is 10.2. The van der Waals surface area contributed by atoms with Crippen LogP contribution in [0, 0.1) is 0 Å². The van der Waals surface area contributed by atoms with Gasteiger partial charge in [0.25, 0.3) is 0 Å². The highest BCUT2D eigenvalue weighted by molar-refractivity contribution is 7.20. The second-order valence-electron chi connectivity index (χ2n) is 3.79. The Kier molecular flexibility index (Phi) is 2.82. The number of Topliss-reactive ketones (excluding diaryl/α,β-unsaturated/α-hetero) is 1. The average Bonchev–Trinajstić information content (AvgIpc) is 2.84. The van der Waals surface area contributed by atoms with E-state index in [0.717, 1.165) is 10.2 Å². The molecule has 0 unspecified atom stereocenters. The molecule has 0 aliphatic carbocycles. The minimum absolute atomic E-state index is 0.00472. The molecule has 2 heterocycles. The quantitative estimate of drug-likeness (QED) is 0.675. The number of nitrogens with zero attached hydrogens (tertiary/aromatic N) is 3. The number of carbonyl (C=O) groups excluding carboxylic acids is 1. The van der Waals surface area contributed by atoms with Crippen molar-refractivity contribution in [3.05, 3.63) is 53.6 Å². The monoisotopic (exact) mass is 255 g/mol. The van der Waals surface area contributed by atoms with Gasteiger partial charge in [-0.05, 0) is 18.2 Å². The van der Waals surface area contributed by atoms with E-state index in [1.54, 1.807) is 12.3 Å². The third kappa shape index (κ3) is 2.12. The third-order valence-electron chi connectivity index (χ3n) is 2.52. The van der Waals surface area contributed by atoms with Gasteiger partial charge in [-0.25, -0.2) is 15.0 Å². The van der Waals surface area contributed by atoms with Gasteiger partial charge in [-0.1, -0.05) is 12.1 Å². The predicted octanol–water partition coefficient (Wildman–Crippen LogP) is 2.51. The summed E-state index contributed by atoms with van der Waals surface area (Å²) in [4.78, 5) is 24.3. The molecule has 0 saturated heterocycles.